The monoisotopic (exact) mass is 515 g/mol. The molecule has 5 nitrogen and oxygen atoms in total. The van der Waals surface area contributed by atoms with Gasteiger partial charge >= 0.3 is 0 Å². The zero-order valence-corrected chi connectivity index (χ0v) is 20.9. The summed E-state index contributed by atoms with van der Waals surface area (Å²) in [6.45, 7) is 0.912. The second kappa shape index (κ2) is 10.2. The largest absolute Gasteiger partial charge is 0.368 e. The Kier molecular flexibility index (Phi) is 8.00. The third-order valence-electron chi connectivity index (χ3n) is 5.77. The first kappa shape index (κ1) is 25.1. The average Bonchev–Trinajstić information content (AvgIpc) is 3.51. The maximum atomic E-state index is 13.9. The highest BCUT2D eigenvalue weighted by Crippen LogP contribution is 2.52. The van der Waals surface area contributed by atoms with Crippen LogP contribution in [0.2, 0.25) is 20.1 Å². The lowest BCUT2D eigenvalue weighted by atomic mass is 9.92. The summed E-state index contributed by atoms with van der Waals surface area (Å²) in [6.07, 6.45) is 1.52. The summed E-state index contributed by atoms with van der Waals surface area (Å²) < 4.78 is 0. The van der Waals surface area contributed by atoms with Crippen LogP contribution < -0.4 is 5.73 Å². The Hall–Kier alpha value is -1.50. The van der Waals surface area contributed by atoms with E-state index in [2.05, 4.69) is 0 Å². The van der Waals surface area contributed by atoms with Crippen LogP contribution in [0.25, 0.3) is 0 Å². The van der Waals surface area contributed by atoms with Gasteiger partial charge in [-0.2, -0.15) is 0 Å². The number of primary amides is 1. The quantitative estimate of drug-likeness (QED) is 0.519. The van der Waals surface area contributed by atoms with Crippen LogP contribution in [0.5, 0.6) is 0 Å². The van der Waals surface area contributed by atoms with Crippen molar-refractivity contribution < 1.29 is 9.59 Å². The molecule has 2 aromatic rings. The predicted molar refractivity (Wildman–Crippen MR) is 131 cm³/mol. The summed E-state index contributed by atoms with van der Waals surface area (Å²) in [5.41, 5.74) is 6.51. The maximum Gasteiger partial charge on any atom is 0.240 e. The van der Waals surface area contributed by atoms with Crippen molar-refractivity contribution in [1.82, 2.24) is 9.80 Å². The standard InChI is InChI=1S/C23H25Cl4N3O2/c1-29(2)9-10-30(20(21(28)31)12-14-3-6-17(25)19(27)11-14)22(32)23(7-8-23)16-5-4-15(24)13-18(16)26/h3-6,11,13,20H,7-10,12H2,1-2H3,(H2,28,31)/t20-/m0/s1. The lowest BCUT2D eigenvalue weighted by molar-refractivity contribution is -0.141. The topological polar surface area (TPSA) is 66.6 Å². The number of carbonyl (C=O) groups excluding carboxylic acids is 2. The lowest BCUT2D eigenvalue weighted by Gasteiger charge is -2.34. The fourth-order valence-electron chi connectivity index (χ4n) is 3.84. The molecule has 172 valence electrons. The zero-order valence-electron chi connectivity index (χ0n) is 17.9. The van der Waals surface area contributed by atoms with E-state index >= 15 is 0 Å². The molecular formula is C23H25Cl4N3O2. The summed E-state index contributed by atoms with van der Waals surface area (Å²) in [6, 6.07) is 9.44. The van der Waals surface area contributed by atoms with Crippen LogP contribution >= 0.6 is 46.4 Å². The Labute approximate surface area is 208 Å². The summed E-state index contributed by atoms with van der Waals surface area (Å²) in [7, 11) is 3.81. The van der Waals surface area contributed by atoms with E-state index in [-0.39, 0.29) is 12.3 Å². The molecule has 3 rings (SSSR count). The van der Waals surface area contributed by atoms with Gasteiger partial charge in [-0.25, -0.2) is 0 Å². The number of rotatable bonds is 9. The molecule has 0 bridgehead atoms. The fraction of sp³-hybridized carbons (Fsp3) is 0.391. The Balaban J connectivity index is 1.96. The molecular weight excluding hydrogens is 492 g/mol. The van der Waals surface area contributed by atoms with Gasteiger partial charge in [0.2, 0.25) is 11.8 Å². The van der Waals surface area contributed by atoms with Crippen LogP contribution in [0.1, 0.15) is 24.0 Å². The third kappa shape index (κ3) is 5.52. The van der Waals surface area contributed by atoms with Gasteiger partial charge in [-0.15, -0.1) is 0 Å². The Morgan fingerprint density at radius 3 is 2.19 bits per heavy atom. The Morgan fingerprint density at radius 2 is 1.66 bits per heavy atom. The number of halogens is 4. The average molecular weight is 517 g/mol. The smallest absolute Gasteiger partial charge is 0.240 e. The first-order valence-corrected chi connectivity index (χ1v) is 11.7. The number of benzene rings is 2. The first-order chi connectivity index (χ1) is 15.0. The van der Waals surface area contributed by atoms with E-state index in [1.807, 2.05) is 19.0 Å². The minimum absolute atomic E-state index is 0.160. The predicted octanol–water partition coefficient (Wildman–Crippen LogP) is 4.82. The van der Waals surface area contributed by atoms with Crippen LogP contribution in [-0.2, 0) is 21.4 Å². The van der Waals surface area contributed by atoms with Crippen molar-refractivity contribution in [2.75, 3.05) is 27.2 Å². The van der Waals surface area contributed by atoms with E-state index in [1.54, 1.807) is 41.3 Å². The molecule has 0 saturated heterocycles. The minimum atomic E-state index is -0.844. The molecule has 1 fully saturated rings. The summed E-state index contributed by atoms with van der Waals surface area (Å²) in [5.74, 6) is -0.742. The minimum Gasteiger partial charge on any atom is -0.368 e. The fourth-order valence-corrected chi connectivity index (χ4v) is 4.75. The van der Waals surface area contributed by atoms with E-state index in [0.717, 1.165) is 11.1 Å². The highest BCUT2D eigenvalue weighted by Gasteiger charge is 2.55. The molecule has 9 heteroatoms. The third-order valence-corrected chi connectivity index (χ3v) is 7.06. The molecule has 1 aliphatic rings. The van der Waals surface area contributed by atoms with E-state index in [1.165, 1.54) is 0 Å². The number of hydrogen-bond acceptors (Lipinski definition) is 3. The van der Waals surface area contributed by atoms with E-state index in [9.17, 15) is 9.59 Å². The second-order valence-electron chi connectivity index (χ2n) is 8.38. The van der Waals surface area contributed by atoms with Gasteiger partial charge < -0.3 is 15.5 Å². The van der Waals surface area contributed by atoms with Crippen LogP contribution in [-0.4, -0.2) is 54.8 Å². The van der Waals surface area contributed by atoms with Crippen LogP contribution in [0, 0.1) is 0 Å². The van der Waals surface area contributed by atoms with E-state index < -0.39 is 17.4 Å². The molecule has 0 radical (unpaired) electrons. The Morgan fingerprint density at radius 1 is 0.969 bits per heavy atom. The molecule has 1 atom stereocenters. The number of amides is 2. The van der Waals surface area contributed by atoms with Gasteiger partial charge in [-0.3, -0.25) is 9.59 Å². The highest BCUT2D eigenvalue weighted by molar-refractivity contribution is 6.42. The van der Waals surface area contributed by atoms with Crippen molar-refractivity contribution in [2.45, 2.75) is 30.7 Å². The van der Waals surface area contributed by atoms with E-state index in [4.69, 9.17) is 52.1 Å². The molecule has 0 unspecified atom stereocenters. The second-order valence-corrected chi connectivity index (χ2v) is 10.0. The maximum absolute atomic E-state index is 13.9. The molecule has 0 aromatic heterocycles. The van der Waals surface area contributed by atoms with Crippen molar-refractivity contribution in [3.63, 3.8) is 0 Å². The SMILES string of the molecule is CN(C)CCN(C(=O)C1(c2ccc(Cl)cc2Cl)CC1)[C@@H](Cc1ccc(Cl)c(Cl)c1)C(N)=O. The van der Waals surface area contributed by atoms with Crippen molar-refractivity contribution >= 4 is 58.2 Å². The van der Waals surface area contributed by atoms with Gasteiger partial charge in [0.05, 0.1) is 15.5 Å². The highest BCUT2D eigenvalue weighted by atomic mass is 35.5. The number of nitrogens with zero attached hydrogens (tertiary/aromatic N) is 2. The van der Waals surface area contributed by atoms with Gasteiger partial charge in [-0.1, -0.05) is 58.5 Å². The van der Waals surface area contributed by atoms with Crippen molar-refractivity contribution in [2.24, 2.45) is 5.73 Å². The molecule has 1 saturated carbocycles. The normalized spacial score (nSPS) is 15.5. The van der Waals surface area contributed by atoms with Gasteiger partial charge in [0, 0.05) is 29.6 Å². The zero-order chi connectivity index (χ0) is 23.6. The van der Waals surface area contributed by atoms with Gasteiger partial charge in [0.15, 0.2) is 0 Å². The molecule has 0 aliphatic heterocycles. The molecule has 2 N–H and O–H groups in total. The molecule has 32 heavy (non-hydrogen) atoms. The van der Waals surface area contributed by atoms with Gasteiger partial charge in [0.25, 0.3) is 0 Å². The number of nitrogens with two attached hydrogens (primary N) is 1. The molecule has 2 aromatic carbocycles. The molecule has 0 heterocycles. The van der Waals surface area contributed by atoms with Gasteiger partial charge in [0.1, 0.15) is 6.04 Å². The Bertz CT molecular complexity index is 1020. The number of likely N-dealkylation sites (N-methyl/N-ethyl adjacent to an activating group) is 1. The van der Waals surface area contributed by atoms with Crippen LogP contribution in [0.4, 0.5) is 0 Å². The number of hydrogen-bond donors (Lipinski definition) is 1. The molecule has 0 spiro atoms. The number of carbonyl (C=O) groups is 2. The molecule has 2 amide bonds. The van der Waals surface area contributed by atoms with Crippen LogP contribution in [0.15, 0.2) is 36.4 Å². The lowest BCUT2D eigenvalue weighted by Crippen LogP contribution is -2.54. The first-order valence-electron chi connectivity index (χ1n) is 10.2. The van der Waals surface area contributed by atoms with Crippen molar-refractivity contribution in [1.29, 1.82) is 0 Å². The van der Waals surface area contributed by atoms with E-state index in [0.29, 0.717) is 46.0 Å². The van der Waals surface area contributed by atoms with Crippen molar-refractivity contribution in [3.05, 3.63) is 67.6 Å². The van der Waals surface area contributed by atoms with Crippen LogP contribution in [0.3, 0.4) is 0 Å². The molecule has 1 aliphatic carbocycles. The van der Waals surface area contributed by atoms with Crippen molar-refractivity contribution in [3.8, 4) is 0 Å². The summed E-state index contributed by atoms with van der Waals surface area (Å²) >= 11 is 24.7. The summed E-state index contributed by atoms with van der Waals surface area (Å²) in [4.78, 5) is 30.0. The summed E-state index contributed by atoms with van der Waals surface area (Å²) in [5, 5.41) is 1.74. The van der Waals surface area contributed by atoms with Gasteiger partial charge in [-0.05, 0) is 62.3 Å².